The summed E-state index contributed by atoms with van der Waals surface area (Å²) in [5.74, 6) is -5.63. The third-order valence-corrected chi connectivity index (χ3v) is 25.7. The van der Waals surface area contributed by atoms with E-state index in [9.17, 15) is 38.4 Å². The first-order valence-electron chi connectivity index (χ1n) is 32.6. The third kappa shape index (κ3) is 22.7. The molecule has 0 atom stereocenters. The summed E-state index contributed by atoms with van der Waals surface area (Å²) in [5.41, 5.74) is 1.65. The molecule has 22 nitrogen and oxygen atoms in total. The predicted molar refractivity (Wildman–Crippen MR) is 362 cm³/mol. The Hall–Kier alpha value is -8.73. The maximum absolute atomic E-state index is 13.7. The van der Waals surface area contributed by atoms with Gasteiger partial charge in [0.05, 0.1) is 91.0 Å². The van der Waals surface area contributed by atoms with Gasteiger partial charge in [-0.1, -0.05) is 224 Å². The van der Waals surface area contributed by atoms with Crippen molar-refractivity contribution in [2.45, 2.75) is 140 Å². The maximum atomic E-state index is 13.7. The van der Waals surface area contributed by atoms with Crippen LogP contribution in [0.25, 0.3) is 0 Å². The van der Waals surface area contributed by atoms with E-state index in [4.69, 9.17) is 66.4 Å². The lowest BCUT2D eigenvalue weighted by molar-refractivity contribution is -0.229. The topological polar surface area (TPSA) is 288 Å². The fourth-order valence-corrected chi connectivity index (χ4v) is 19.8. The van der Waals surface area contributed by atoms with Gasteiger partial charge in [0, 0.05) is 11.1 Å². The molecular formula is C74H88O22Si2. The van der Waals surface area contributed by atoms with E-state index >= 15 is 0 Å². The lowest BCUT2D eigenvalue weighted by Gasteiger charge is -2.42. The van der Waals surface area contributed by atoms with E-state index in [0.29, 0.717) is 0 Å². The minimum absolute atomic E-state index is 0.0971. The number of hydrogen-bond donors (Lipinski definition) is 2. The molecule has 8 rings (SSSR count). The summed E-state index contributed by atoms with van der Waals surface area (Å²) in [5, 5.41) is 20.9. The smallest absolute Gasteiger partial charge is 0.323 e. The van der Waals surface area contributed by atoms with Gasteiger partial charge in [0.15, 0.2) is 18.7 Å². The van der Waals surface area contributed by atoms with E-state index in [1.165, 1.54) is 0 Å². The molecule has 2 N–H and O–H groups in total. The fraction of sp³-hybridized carbons (Fsp3) is 0.405. The number of hydrogen-bond acceptors (Lipinski definition) is 22. The molecule has 524 valence electrons. The molecule has 6 aromatic rings. The summed E-state index contributed by atoms with van der Waals surface area (Å²) in [6.07, 6.45) is -7.31. The Morgan fingerprint density at radius 3 is 0.908 bits per heavy atom. The van der Waals surface area contributed by atoms with Gasteiger partial charge < -0.3 is 66.4 Å². The molecule has 6 aromatic carbocycles. The second kappa shape index (κ2) is 37.9. The predicted octanol–water partition coefficient (Wildman–Crippen LogP) is 7.51. The highest BCUT2D eigenvalue weighted by Gasteiger charge is 2.54. The largest absolute Gasteiger partial charge is 0.510 e. The van der Waals surface area contributed by atoms with E-state index in [2.05, 4.69) is 20.8 Å². The van der Waals surface area contributed by atoms with Crippen molar-refractivity contribution >= 4 is 85.1 Å². The van der Waals surface area contributed by atoms with Gasteiger partial charge in [-0.25, -0.2) is 0 Å². The van der Waals surface area contributed by atoms with Crippen molar-refractivity contribution in [1.29, 1.82) is 0 Å². The number of rotatable bonds is 30. The SMILES string of the molecule is CC(C)(C)[Si](OC(=O)CCC(=O)OC(CO)CO)(c1ccccc1)c1ccccc1.CC(C)(C)[Si](OC(=O)CCC(=O)OC(COC(=O)CCC(=O)OC1COC(c2ccccc2)OC1)COC(=O)CCC(=O)OC1COC(c2ccccc2)OC1)(c1ccccc1)c1ccccc1. The first-order chi connectivity index (χ1) is 47.0. The lowest BCUT2D eigenvalue weighted by atomic mass is 10.2. The van der Waals surface area contributed by atoms with Crippen LogP contribution in [0, 0.1) is 0 Å². The number of aliphatic hydroxyl groups excluding tert-OH is 2. The third-order valence-electron chi connectivity index (χ3n) is 15.8. The Morgan fingerprint density at radius 2 is 0.622 bits per heavy atom. The van der Waals surface area contributed by atoms with E-state index in [0.717, 1.165) is 31.9 Å². The van der Waals surface area contributed by atoms with E-state index in [-0.39, 0.29) is 76.4 Å². The average Bonchev–Trinajstić information content (AvgIpc) is 0.753. The van der Waals surface area contributed by atoms with Gasteiger partial charge >= 0.3 is 52.5 Å². The van der Waals surface area contributed by atoms with Crippen molar-refractivity contribution in [2.24, 2.45) is 0 Å². The van der Waals surface area contributed by atoms with Crippen molar-refractivity contribution in [3.05, 3.63) is 193 Å². The summed E-state index contributed by atoms with van der Waals surface area (Å²) in [6.45, 7) is 10.6. The highest BCUT2D eigenvalue weighted by Crippen LogP contribution is 2.39. The molecule has 0 saturated carbocycles. The van der Waals surface area contributed by atoms with Gasteiger partial charge in [-0.15, -0.1) is 0 Å². The first kappa shape index (κ1) is 76.6. The summed E-state index contributed by atoms with van der Waals surface area (Å²) >= 11 is 0. The number of carbonyl (C=O) groups is 8. The Morgan fingerprint density at radius 1 is 0.367 bits per heavy atom. The van der Waals surface area contributed by atoms with Crippen molar-refractivity contribution in [3.63, 3.8) is 0 Å². The van der Waals surface area contributed by atoms with Gasteiger partial charge in [-0.05, 0) is 30.8 Å². The Kier molecular flexibility index (Phi) is 29.6. The molecule has 0 aromatic heterocycles. The van der Waals surface area contributed by atoms with E-state index < -0.39 is 139 Å². The van der Waals surface area contributed by atoms with Crippen LogP contribution in [0.1, 0.15) is 117 Å². The van der Waals surface area contributed by atoms with Gasteiger partial charge in [0.25, 0.3) is 11.9 Å². The minimum atomic E-state index is -3.26. The summed E-state index contributed by atoms with van der Waals surface area (Å²) in [7, 11) is -6.28. The normalized spacial score (nSPS) is 16.7. The second-order valence-corrected chi connectivity index (χ2v) is 33.7. The van der Waals surface area contributed by atoms with Crippen LogP contribution in [0.4, 0.5) is 0 Å². The lowest BCUT2D eigenvalue weighted by Crippen LogP contribution is -2.67. The Bertz CT molecular complexity index is 3290. The standard InChI is InChI=1S/C51H58O16Si.C23H30O6Si/c1-51(2,3)68(41-20-12-6-13-21-41,42-22-14-7-15-23-42)67-48(57)29-28-47(56)64-38(30-58-43(52)24-26-45(54)65-39-32-60-49(61-33-39)36-16-8-4-9-17-36)31-59-44(53)25-27-46(55)66-40-34-62-50(63-35-40)37-18-10-5-11-19-37;1-23(2,3)30(19-10-6-4-7-11-19,20-12-8-5-9-13-20)29-22(27)15-14-21(26)28-18(16-24)17-25/h4-23,38-40,49-50H,24-35H2,1-3H3;4-13,18,24-25H,14-17H2,1-3H3. The Labute approximate surface area is 573 Å². The monoisotopic (exact) mass is 1380 g/mol. The molecule has 0 radical (unpaired) electrons. The van der Waals surface area contributed by atoms with E-state index in [1.54, 1.807) is 0 Å². The highest BCUT2D eigenvalue weighted by atomic mass is 28.4. The first-order valence-corrected chi connectivity index (χ1v) is 36.4. The summed E-state index contributed by atoms with van der Waals surface area (Å²) < 4.78 is 67.5. The van der Waals surface area contributed by atoms with Crippen LogP contribution in [0.15, 0.2) is 182 Å². The number of ether oxygens (including phenoxy) is 10. The van der Waals surface area contributed by atoms with Gasteiger partial charge in [0.2, 0.25) is 0 Å². The van der Waals surface area contributed by atoms with Crippen molar-refractivity contribution < 1.29 is 105 Å². The van der Waals surface area contributed by atoms with Crippen molar-refractivity contribution in [3.8, 4) is 0 Å². The molecule has 0 aliphatic carbocycles. The number of carbonyl (C=O) groups excluding carboxylic acids is 8. The van der Waals surface area contributed by atoms with Crippen LogP contribution in [0.5, 0.6) is 0 Å². The summed E-state index contributed by atoms with van der Waals surface area (Å²) in [4.78, 5) is 103. The molecule has 24 heteroatoms. The zero-order valence-electron chi connectivity index (χ0n) is 56.2. The van der Waals surface area contributed by atoms with Crippen LogP contribution in [0.3, 0.4) is 0 Å². The zero-order chi connectivity index (χ0) is 70.6. The highest BCUT2D eigenvalue weighted by molar-refractivity contribution is 7.01. The fourth-order valence-electron chi connectivity index (χ4n) is 11.0. The van der Waals surface area contributed by atoms with Gasteiger partial charge in [-0.2, -0.15) is 0 Å². The quantitative estimate of drug-likeness (QED) is 0.0250. The van der Waals surface area contributed by atoms with Crippen LogP contribution in [0.2, 0.25) is 10.1 Å². The molecule has 2 heterocycles. The molecule has 2 aliphatic rings. The molecule has 98 heavy (non-hydrogen) atoms. The molecule has 2 aliphatic heterocycles. The molecule has 0 spiro atoms. The molecular weight excluding hydrogens is 1300 g/mol. The van der Waals surface area contributed by atoms with Crippen molar-refractivity contribution in [1.82, 2.24) is 0 Å². The van der Waals surface area contributed by atoms with Crippen molar-refractivity contribution in [2.75, 3.05) is 52.9 Å². The average molecular weight is 1390 g/mol. The molecule has 0 unspecified atom stereocenters. The number of esters is 6. The van der Waals surface area contributed by atoms with Crippen LogP contribution < -0.4 is 20.7 Å². The molecule has 2 fully saturated rings. The second-order valence-electron chi connectivity index (χ2n) is 25.3. The molecule has 0 bridgehead atoms. The summed E-state index contributed by atoms with van der Waals surface area (Å²) in [6, 6.07) is 57.2. The van der Waals surface area contributed by atoms with Gasteiger partial charge in [0.1, 0.15) is 31.5 Å². The minimum Gasteiger partial charge on any atom is -0.510 e. The number of benzene rings is 6. The molecule has 2 saturated heterocycles. The maximum Gasteiger partial charge on any atom is 0.323 e. The van der Waals surface area contributed by atoms with Crippen LogP contribution in [-0.2, 0) is 94.6 Å². The van der Waals surface area contributed by atoms with Crippen LogP contribution >= 0.6 is 0 Å². The zero-order valence-corrected chi connectivity index (χ0v) is 58.2. The van der Waals surface area contributed by atoms with Gasteiger partial charge in [-0.3, -0.25) is 38.4 Å². The van der Waals surface area contributed by atoms with E-state index in [1.807, 2.05) is 203 Å². The van der Waals surface area contributed by atoms with Crippen LogP contribution in [-0.4, -0.2) is 152 Å². The Balaban J connectivity index is 0.000000376. The molecule has 0 amide bonds. The number of aliphatic hydroxyl groups is 2.